The van der Waals surface area contributed by atoms with Crippen LogP contribution in [0.25, 0.3) is 0 Å². The van der Waals surface area contributed by atoms with Crippen LogP contribution in [0.15, 0.2) is 17.5 Å². The van der Waals surface area contributed by atoms with Crippen molar-refractivity contribution in [2.45, 2.75) is 31.9 Å². The van der Waals surface area contributed by atoms with E-state index in [1.165, 1.54) is 12.0 Å². The third-order valence-electron chi connectivity index (χ3n) is 2.69. The molecular weight excluding hydrogens is 280 g/mol. The van der Waals surface area contributed by atoms with Crippen molar-refractivity contribution in [2.75, 3.05) is 13.7 Å². The first-order valence-electron chi connectivity index (χ1n) is 6.32. The van der Waals surface area contributed by atoms with Gasteiger partial charge in [-0.05, 0) is 18.4 Å². The van der Waals surface area contributed by atoms with E-state index in [9.17, 15) is 9.59 Å². The van der Waals surface area contributed by atoms with Gasteiger partial charge in [0.1, 0.15) is 0 Å². The van der Waals surface area contributed by atoms with E-state index < -0.39 is 12.1 Å². The summed E-state index contributed by atoms with van der Waals surface area (Å²) in [5, 5.41) is 16.1. The number of thiophene rings is 1. The molecule has 0 aliphatic carbocycles. The quantitative estimate of drug-likeness (QED) is 0.678. The van der Waals surface area contributed by atoms with E-state index >= 15 is 0 Å². The molecule has 0 saturated carbocycles. The van der Waals surface area contributed by atoms with Crippen LogP contribution >= 0.6 is 11.3 Å². The molecule has 2 amide bonds. The lowest BCUT2D eigenvalue weighted by Gasteiger charge is -2.17. The van der Waals surface area contributed by atoms with Crippen LogP contribution in [0.2, 0.25) is 0 Å². The summed E-state index contributed by atoms with van der Waals surface area (Å²) < 4.78 is 4.98. The third kappa shape index (κ3) is 6.53. The van der Waals surface area contributed by atoms with E-state index in [1.54, 1.807) is 11.3 Å². The Kier molecular flexibility index (Phi) is 7.03. The lowest BCUT2D eigenvalue weighted by molar-refractivity contribution is -0.139. The van der Waals surface area contributed by atoms with Gasteiger partial charge in [0.15, 0.2) is 0 Å². The van der Waals surface area contributed by atoms with Crippen molar-refractivity contribution in [1.82, 2.24) is 10.6 Å². The summed E-state index contributed by atoms with van der Waals surface area (Å²) in [6, 6.07) is 3.69. The molecule has 3 N–H and O–H groups in total. The minimum absolute atomic E-state index is 0.00844. The maximum Gasteiger partial charge on any atom is 0.315 e. The fourth-order valence-corrected chi connectivity index (χ4v) is 2.53. The van der Waals surface area contributed by atoms with Crippen molar-refractivity contribution in [2.24, 2.45) is 0 Å². The maximum atomic E-state index is 11.7. The van der Waals surface area contributed by atoms with Crippen molar-refractivity contribution in [3.63, 3.8) is 0 Å². The number of carboxylic acid groups (broad SMARTS) is 1. The van der Waals surface area contributed by atoms with Crippen molar-refractivity contribution in [3.05, 3.63) is 22.4 Å². The van der Waals surface area contributed by atoms with Crippen molar-refractivity contribution in [1.29, 1.82) is 0 Å². The standard InChI is InChI=1S/C13H20N2O4S/c1-9(6-11-4-3-5-20-11)15-13(18)14-8-10(19-2)7-12(16)17/h3-5,9-10H,6-8H2,1-2H3,(H,16,17)(H2,14,15,18). The number of nitrogens with one attached hydrogen (secondary N) is 2. The lowest BCUT2D eigenvalue weighted by Crippen LogP contribution is -2.44. The van der Waals surface area contributed by atoms with Crippen LogP contribution in [0.1, 0.15) is 18.2 Å². The molecule has 20 heavy (non-hydrogen) atoms. The molecule has 0 aromatic carbocycles. The van der Waals surface area contributed by atoms with Gasteiger partial charge in [-0.3, -0.25) is 4.79 Å². The highest BCUT2D eigenvalue weighted by Crippen LogP contribution is 2.10. The van der Waals surface area contributed by atoms with Gasteiger partial charge in [0.2, 0.25) is 0 Å². The topological polar surface area (TPSA) is 87.7 Å². The average Bonchev–Trinajstić information content (AvgIpc) is 2.86. The summed E-state index contributed by atoms with van der Waals surface area (Å²) in [4.78, 5) is 23.4. The van der Waals surface area contributed by atoms with Crippen LogP contribution < -0.4 is 10.6 Å². The molecule has 1 rings (SSSR count). The van der Waals surface area contributed by atoms with E-state index in [-0.39, 0.29) is 25.0 Å². The summed E-state index contributed by atoms with van der Waals surface area (Å²) in [5.74, 6) is -0.954. The Morgan fingerprint density at radius 2 is 2.25 bits per heavy atom. The van der Waals surface area contributed by atoms with Gasteiger partial charge in [-0.15, -0.1) is 11.3 Å². The molecule has 1 aromatic heterocycles. The summed E-state index contributed by atoms with van der Waals surface area (Å²) >= 11 is 1.65. The predicted molar refractivity (Wildman–Crippen MR) is 77.1 cm³/mol. The van der Waals surface area contributed by atoms with Crippen LogP contribution in [0.3, 0.4) is 0 Å². The number of methoxy groups -OCH3 is 1. The number of hydrogen-bond donors (Lipinski definition) is 3. The monoisotopic (exact) mass is 300 g/mol. The number of ether oxygens (including phenoxy) is 1. The molecule has 0 aliphatic heterocycles. The smallest absolute Gasteiger partial charge is 0.315 e. The molecule has 0 aliphatic rings. The highest BCUT2D eigenvalue weighted by Gasteiger charge is 2.14. The first-order chi connectivity index (χ1) is 9.51. The van der Waals surface area contributed by atoms with Gasteiger partial charge < -0.3 is 20.5 Å². The Morgan fingerprint density at radius 3 is 2.80 bits per heavy atom. The number of urea groups is 1. The Balaban J connectivity index is 2.26. The second kappa shape index (κ2) is 8.55. The number of carbonyl (C=O) groups is 2. The molecule has 6 nitrogen and oxygen atoms in total. The van der Waals surface area contributed by atoms with Crippen LogP contribution in [0, 0.1) is 0 Å². The minimum Gasteiger partial charge on any atom is -0.481 e. The number of amides is 2. The van der Waals surface area contributed by atoms with Crippen LogP contribution in [-0.2, 0) is 16.0 Å². The van der Waals surface area contributed by atoms with E-state index in [2.05, 4.69) is 10.6 Å². The number of carboxylic acids is 1. The average molecular weight is 300 g/mol. The zero-order valence-electron chi connectivity index (χ0n) is 11.6. The molecule has 2 unspecified atom stereocenters. The van der Waals surface area contributed by atoms with Gasteiger partial charge in [0.25, 0.3) is 0 Å². The van der Waals surface area contributed by atoms with Crippen molar-refractivity contribution in [3.8, 4) is 0 Å². The van der Waals surface area contributed by atoms with Gasteiger partial charge in [-0.1, -0.05) is 6.07 Å². The summed E-state index contributed by atoms with van der Waals surface area (Å²) in [5.41, 5.74) is 0. The predicted octanol–water partition coefficient (Wildman–Crippen LogP) is 1.47. The number of carbonyl (C=O) groups excluding carboxylic acids is 1. The maximum absolute atomic E-state index is 11.7. The third-order valence-corrected chi connectivity index (χ3v) is 3.59. The van der Waals surface area contributed by atoms with Crippen LogP contribution in [0.5, 0.6) is 0 Å². The Morgan fingerprint density at radius 1 is 1.50 bits per heavy atom. The molecule has 0 saturated heterocycles. The molecule has 0 bridgehead atoms. The molecule has 112 valence electrons. The second-order valence-electron chi connectivity index (χ2n) is 4.49. The van der Waals surface area contributed by atoms with Gasteiger partial charge in [-0.2, -0.15) is 0 Å². The summed E-state index contributed by atoms with van der Waals surface area (Å²) in [7, 11) is 1.42. The summed E-state index contributed by atoms with van der Waals surface area (Å²) in [6.07, 6.45) is 0.112. The van der Waals surface area contributed by atoms with Gasteiger partial charge in [0.05, 0.1) is 12.5 Å². The molecular formula is C13H20N2O4S. The van der Waals surface area contributed by atoms with Crippen LogP contribution in [-0.4, -0.2) is 42.9 Å². The number of hydrogen-bond acceptors (Lipinski definition) is 4. The zero-order valence-corrected chi connectivity index (χ0v) is 12.4. The normalized spacial score (nSPS) is 13.5. The van der Waals surface area contributed by atoms with Gasteiger partial charge in [-0.25, -0.2) is 4.79 Å². The van der Waals surface area contributed by atoms with Crippen molar-refractivity contribution < 1.29 is 19.4 Å². The lowest BCUT2D eigenvalue weighted by atomic mass is 10.2. The highest BCUT2D eigenvalue weighted by atomic mass is 32.1. The van der Waals surface area contributed by atoms with Crippen LogP contribution in [0.4, 0.5) is 4.79 Å². The molecule has 1 aromatic rings. The molecule has 7 heteroatoms. The fourth-order valence-electron chi connectivity index (χ4n) is 1.70. The number of rotatable bonds is 8. The van der Waals surface area contributed by atoms with Crippen molar-refractivity contribution >= 4 is 23.3 Å². The van der Waals surface area contributed by atoms with Gasteiger partial charge in [0, 0.05) is 31.0 Å². The molecule has 2 atom stereocenters. The SMILES string of the molecule is COC(CNC(=O)NC(C)Cc1cccs1)CC(=O)O. The Hall–Kier alpha value is -1.60. The summed E-state index contributed by atoms with van der Waals surface area (Å²) in [6.45, 7) is 2.09. The first-order valence-corrected chi connectivity index (χ1v) is 7.20. The molecule has 0 spiro atoms. The second-order valence-corrected chi connectivity index (χ2v) is 5.53. The Labute approximate surface area is 122 Å². The Bertz CT molecular complexity index is 422. The van der Waals surface area contributed by atoms with E-state index in [0.717, 1.165) is 6.42 Å². The molecule has 0 radical (unpaired) electrons. The minimum atomic E-state index is -0.954. The largest absolute Gasteiger partial charge is 0.481 e. The molecule has 0 fully saturated rings. The fraction of sp³-hybridized carbons (Fsp3) is 0.538. The van der Waals surface area contributed by atoms with E-state index in [0.29, 0.717) is 0 Å². The molecule has 1 heterocycles. The van der Waals surface area contributed by atoms with Gasteiger partial charge >= 0.3 is 12.0 Å². The number of aliphatic carboxylic acids is 1. The first kappa shape index (κ1) is 16.5. The highest BCUT2D eigenvalue weighted by molar-refractivity contribution is 7.09. The van der Waals surface area contributed by atoms with E-state index in [4.69, 9.17) is 9.84 Å². The van der Waals surface area contributed by atoms with E-state index in [1.807, 2.05) is 24.4 Å². The zero-order chi connectivity index (χ0) is 15.0.